The van der Waals surface area contributed by atoms with Crippen molar-refractivity contribution < 1.29 is 4.70 Å². The molecule has 0 bridgehead atoms. The summed E-state index contributed by atoms with van der Waals surface area (Å²) in [5, 5.41) is 0. The number of unbranched alkanes of at least 4 members (excludes halogenated alkanes) is 49. The van der Waals surface area contributed by atoms with Crippen molar-refractivity contribution in [3.05, 3.63) is 88.0 Å². The molecule has 0 unspecified atom stereocenters. The molecule has 76 heavy (non-hydrogen) atoms. The Kier molecular flexibility index (Phi) is 45.2. The van der Waals surface area contributed by atoms with E-state index in [1.807, 2.05) is 0 Å². The third-order valence-electron chi connectivity index (χ3n) is 17.5. The summed E-state index contributed by atoms with van der Waals surface area (Å²) in [5.41, 5.74) is 20.0. The molecule has 0 saturated carbocycles. The maximum absolute atomic E-state index is 11.8. The first-order valence-electron chi connectivity index (χ1n) is 34.8. The monoisotopic (exact) mass is 1050 g/mol. The van der Waals surface area contributed by atoms with Gasteiger partial charge in [-0.15, -0.1) is 0 Å². The molecule has 0 saturated heterocycles. The normalized spacial score (nSPS) is 12.7. The van der Waals surface area contributed by atoms with Crippen LogP contribution in [0.15, 0.2) is 60.2 Å². The molecule has 2 nitrogen and oxygen atoms in total. The van der Waals surface area contributed by atoms with Crippen LogP contribution >= 0.6 is 0 Å². The number of aryl methyl sites for hydroxylation is 2. The summed E-state index contributed by atoms with van der Waals surface area (Å²) < 4.78 is 1.50. The van der Waals surface area contributed by atoms with Gasteiger partial charge < -0.3 is 5.53 Å². The number of nitrogens with zero attached hydrogens (tertiary/aromatic N) is 2. The molecule has 0 atom stereocenters. The first kappa shape index (κ1) is 67.8. The third-order valence-corrected chi connectivity index (χ3v) is 17.5. The lowest BCUT2D eigenvalue weighted by molar-refractivity contribution is -0.344. The first-order valence-corrected chi connectivity index (χ1v) is 34.8. The Bertz CT molecular complexity index is 1640. The number of benzene rings is 2. The zero-order valence-electron chi connectivity index (χ0n) is 51.5. The van der Waals surface area contributed by atoms with Gasteiger partial charge in [-0.2, -0.15) is 0 Å². The fourth-order valence-electron chi connectivity index (χ4n) is 12.3. The summed E-state index contributed by atoms with van der Waals surface area (Å²) >= 11 is 0. The predicted octanol–water partition coefficient (Wildman–Crippen LogP) is 26.3. The highest BCUT2D eigenvalue weighted by Crippen LogP contribution is 2.38. The Morgan fingerprint density at radius 3 is 0.724 bits per heavy atom. The Balaban J connectivity index is 1.18. The second-order valence-electron chi connectivity index (χ2n) is 24.7. The van der Waals surface area contributed by atoms with Crippen LogP contribution in [-0.2, 0) is 12.8 Å². The fourth-order valence-corrected chi connectivity index (χ4v) is 12.3. The Labute approximate surface area is 475 Å². The zero-order valence-corrected chi connectivity index (χ0v) is 51.5. The quantitative estimate of drug-likeness (QED) is 0.0466. The van der Waals surface area contributed by atoms with Crippen molar-refractivity contribution in [1.29, 1.82) is 0 Å². The molecule has 0 radical (unpaired) electrons. The van der Waals surface area contributed by atoms with Crippen LogP contribution in [0.1, 0.15) is 383 Å². The summed E-state index contributed by atoms with van der Waals surface area (Å²) in [6.45, 7) is 6.90. The molecular weight excluding hydrogens is 917 g/mol. The van der Waals surface area contributed by atoms with Gasteiger partial charge in [0.15, 0.2) is 0 Å². The van der Waals surface area contributed by atoms with E-state index >= 15 is 0 Å². The second-order valence-corrected chi connectivity index (χ2v) is 24.7. The molecule has 0 fully saturated rings. The smallest absolute Gasteiger partial charge is 0.210 e. The van der Waals surface area contributed by atoms with Crippen LogP contribution in [0.4, 0.5) is 0 Å². The number of hydrogen-bond donors (Lipinski definition) is 0. The standard InChI is InChI=1S/C74H128N2/c1-4-7-10-13-15-17-19-21-23-25-27-29-31-33-35-37-39-41-43-45-47-49-51-53-56-68-59-63-70(64-60-68)73-67-72(58-55-12-9-6-3)74(76(73)75)71-65-61-69(62-66-71)57-54-52-50-48-46-44-42-40-38-36-34-32-30-28-26-24-22-20-18-16-14-11-8-5-2/h59-67H,4-58H2,1-3H3. The minimum absolute atomic E-state index is 0.922. The lowest BCUT2D eigenvalue weighted by atomic mass is 9.99. The van der Waals surface area contributed by atoms with E-state index in [0.29, 0.717) is 0 Å². The van der Waals surface area contributed by atoms with Gasteiger partial charge in [0.1, 0.15) is 0 Å². The number of rotatable bonds is 57. The molecule has 0 aromatic heterocycles. The van der Waals surface area contributed by atoms with Crippen molar-refractivity contribution in [3.8, 4) is 0 Å². The van der Waals surface area contributed by atoms with E-state index in [1.165, 1.54) is 355 Å². The molecule has 434 valence electrons. The van der Waals surface area contributed by atoms with E-state index in [2.05, 4.69) is 75.4 Å². The lowest BCUT2D eigenvalue weighted by Crippen LogP contribution is -2.02. The Hall–Kier alpha value is -2.48. The maximum Gasteiger partial charge on any atom is 0.210 e. The summed E-state index contributed by atoms with van der Waals surface area (Å²) in [5.74, 6) is 0. The Morgan fingerprint density at radius 1 is 0.250 bits per heavy atom. The van der Waals surface area contributed by atoms with E-state index < -0.39 is 0 Å². The van der Waals surface area contributed by atoms with Crippen LogP contribution in [-0.4, -0.2) is 4.70 Å². The lowest BCUT2D eigenvalue weighted by Gasteiger charge is -2.11. The maximum atomic E-state index is 11.8. The Morgan fingerprint density at radius 2 is 0.461 bits per heavy atom. The van der Waals surface area contributed by atoms with Gasteiger partial charge >= 0.3 is 0 Å². The van der Waals surface area contributed by atoms with Gasteiger partial charge in [-0.25, -0.2) is 4.70 Å². The summed E-state index contributed by atoms with van der Waals surface area (Å²) in [6, 6.07) is 18.3. The molecule has 1 aliphatic heterocycles. The molecule has 1 heterocycles. The SMILES string of the molecule is CCCCCCCCCCCCCCCCCCCCCCCCCCc1ccc(C2=CC(CCCCCC)=C(c3ccc(CCCCCCCCCCCCCCCCCCCCCCCCCC)cc3)[N+]2=[N-])cc1. The molecule has 0 aliphatic carbocycles. The van der Waals surface area contributed by atoms with E-state index in [4.69, 9.17) is 0 Å². The van der Waals surface area contributed by atoms with E-state index in [9.17, 15) is 5.53 Å². The number of allylic oxidation sites excluding steroid dienone is 2. The van der Waals surface area contributed by atoms with Crippen LogP contribution in [0, 0.1) is 0 Å². The second kappa shape index (κ2) is 50.7. The summed E-state index contributed by atoms with van der Waals surface area (Å²) in [6.07, 6.45) is 79.4. The minimum atomic E-state index is 0.922. The van der Waals surface area contributed by atoms with E-state index in [-0.39, 0.29) is 0 Å². The molecule has 2 aromatic carbocycles. The van der Waals surface area contributed by atoms with Crippen LogP contribution in [0.5, 0.6) is 0 Å². The van der Waals surface area contributed by atoms with Gasteiger partial charge in [-0.3, -0.25) is 0 Å². The highest BCUT2D eigenvalue weighted by Gasteiger charge is 2.28. The predicted molar refractivity (Wildman–Crippen MR) is 341 cm³/mol. The van der Waals surface area contributed by atoms with Crippen LogP contribution in [0.3, 0.4) is 0 Å². The van der Waals surface area contributed by atoms with E-state index in [1.54, 1.807) is 0 Å². The van der Waals surface area contributed by atoms with Crippen LogP contribution in [0.2, 0.25) is 0 Å². The van der Waals surface area contributed by atoms with Gasteiger partial charge in [-0.05, 0) is 73.9 Å². The molecule has 0 amide bonds. The molecule has 0 spiro atoms. The van der Waals surface area contributed by atoms with Crippen molar-refractivity contribution in [2.45, 2.75) is 374 Å². The summed E-state index contributed by atoms with van der Waals surface area (Å²) in [4.78, 5) is 0. The van der Waals surface area contributed by atoms with Gasteiger partial charge in [-0.1, -0.05) is 360 Å². The summed E-state index contributed by atoms with van der Waals surface area (Å²) in [7, 11) is 0. The fraction of sp³-hybridized carbons (Fsp3) is 0.784. The molecule has 3 rings (SSSR count). The van der Waals surface area contributed by atoms with Gasteiger partial charge in [0.05, 0.1) is 0 Å². The highest BCUT2D eigenvalue weighted by molar-refractivity contribution is 5.78. The average molecular weight is 1050 g/mol. The molecule has 0 N–H and O–H groups in total. The molecule has 2 heteroatoms. The van der Waals surface area contributed by atoms with Crippen molar-refractivity contribution in [2.75, 3.05) is 0 Å². The van der Waals surface area contributed by atoms with Gasteiger partial charge in [0.2, 0.25) is 11.4 Å². The van der Waals surface area contributed by atoms with Crippen LogP contribution in [0.25, 0.3) is 16.9 Å². The van der Waals surface area contributed by atoms with Gasteiger partial charge in [0.25, 0.3) is 0 Å². The molecular formula is C74H128N2. The van der Waals surface area contributed by atoms with E-state index in [0.717, 1.165) is 41.8 Å². The molecule has 1 aliphatic rings. The van der Waals surface area contributed by atoms with Gasteiger partial charge in [0, 0.05) is 22.8 Å². The van der Waals surface area contributed by atoms with Crippen molar-refractivity contribution in [1.82, 2.24) is 0 Å². The number of hydrogen-bond acceptors (Lipinski definition) is 0. The minimum Gasteiger partial charge on any atom is -0.493 e. The largest absolute Gasteiger partial charge is 0.493 e. The highest BCUT2D eigenvalue weighted by atomic mass is 15.2. The third kappa shape index (κ3) is 35.9. The van der Waals surface area contributed by atoms with Crippen LogP contribution < -0.4 is 0 Å². The average Bonchev–Trinajstić information content (AvgIpc) is 3.78. The topological polar surface area (TPSA) is 25.3 Å². The zero-order chi connectivity index (χ0) is 53.9. The van der Waals surface area contributed by atoms with Crippen molar-refractivity contribution in [2.24, 2.45) is 0 Å². The van der Waals surface area contributed by atoms with Crippen molar-refractivity contribution in [3.63, 3.8) is 0 Å². The first-order chi connectivity index (χ1) is 37.7. The molecule has 2 aromatic rings. The van der Waals surface area contributed by atoms with Crippen molar-refractivity contribution >= 4 is 11.4 Å².